The molecule has 0 N–H and O–H groups in total. The Hall–Kier alpha value is -0.370. The number of rotatable bonds is 3. The minimum absolute atomic E-state index is 0.252. The van der Waals surface area contributed by atoms with E-state index in [1.165, 1.54) is 0 Å². The van der Waals surface area contributed by atoms with Gasteiger partial charge in [-0.3, -0.25) is 9.69 Å². The lowest BCUT2D eigenvalue weighted by Crippen LogP contribution is -2.69. The first-order valence-corrected chi connectivity index (χ1v) is 5.02. The Morgan fingerprint density at radius 1 is 1.31 bits per heavy atom. The van der Waals surface area contributed by atoms with Crippen molar-refractivity contribution in [1.29, 1.82) is 0 Å². The van der Waals surface area contributed by atoms with E-state index in [2.05, 4.69) is 32.6 Å². The second kappa shape index (κ2) is 3.09. The summed E-state index contributed by atoms with van der Waals surface area (Å²) in [4.78, 5) is 13.2. The van der Waals surface area contributed by atoms with Crippen LogP contribution in [0.4, 0.5) is 0 Å². The zero-order valence-corrected chi connectivity index (χ0v) is 9.48. The van der Waals surface area contributed by atoms with Gasteiger partial charge in [0.15, 0.2) is 0 Å². The lowest BCUT2D eigenvalue weighted by molar-refractivity contribution is -0.128. The largest absolute Gasteiger partial charge is 0.300 e. The summed E-state index contributed by atoms with van der Waals surface area (Å²) in [6.45, 7) is 12.8. The number of hydrogen-bond acceptors (Lipinski definition) is 2. The number of nitrogens with zero attached hydrogens (tertiary/aromatic N) is 1. The summed E-state index contributed by atoms with van der Waals surface area (Å²) < 4.78 is 0. The fourth-order valence-electron chi connectivity index (χ4n) is 1.86. The van der Waals surface area contributed by atoms with Gasteiger partial charge in [-0.1, -0.05) is 13.8 Å². The van der Waals surface area contributed by atoms with E-state index < -0.39 is 0 Å². The number of Topliss-reactive ketones (excluding diaryl/α,β-unsaturated/α-hetero) is 1. The molecule has 0 bridgehead atoms. The first kappa shape index (κ1) is 10.7. The van der Waals surface area contributed by atoms with Crippen LogP contribution in [0.5, 0.6) is 0 Å². The summed E-state index contributed by atoms with van der Waals surface area (Å²) in [6.07, 6.45) is 0.694. The van der Waals surface area contributed by atoms with Gasteiger partial charge in [-0.25, -0.2) is 0 Å². The van der Waals surface area contributed by atoms with E-state index in [0.29, 0.717) is 17.6 Å². The van der Waals surface area contributed by atoms with Crippen molar-refractivity contribution < 1.29 is 4.79 Å². The van der Waals surface area contributed by atoms with Crippen molar-refractivity contribution in [2.75, 3.05) is 13.1 Å². The molecule has 2 heteroatoms. The number of carbonyl (C=O) groups excluding carboxylic acids is 1. The zero-order valence-electron chi connectivity index (χ0n) is 9.48. The van der Waals surface area contributed by atoms with Gasteiger partial charge in [0.2, 0.25) is 0 Å². The first-order valence-electron chi connectivity index (χ1n) is 5.02. The average Bonchev–Trinajstić information content (AvgIpc) is 1.97. The molecule has 13 heavy (non-hydrogen) atoms. The molecule has 1 fully saturated rings. The molecule has 76 valence electrons. The van der Waals surface area contributed by atoms with E-state index in [0.717, 1.165) is 13.1 Å². The van der Waals surface area contributed by atoms with E-state index in [9.17, 15) is 4.79 Å². The minimum Gasteiger partial charge on any atom is -0.300 e. The molecule has 1 heterocycles. The molecular weight excluding hydrogens is 162 g/mol. The van der Waals surface area contributed by atoms with E-state index in [4.69, 9.17) is 0 Å². The van der Waals surface area contributed by atoms with Gasteiger partial charge in [-0.15, -0.1) is 0 Å². The highest BCUT2D eigenvalue weighted by atomic mass is 16.1. The molecule has 1 rings (SSSR count). The van der Waals surface area contributed by atoms with Crippen molar-refractivity contribution in [3.8, 4) is 0 Å². The normalized spacial score (nSPS) is 25.3. The van der Waals surface area contributed by atoms with E-state index in [1.807, 2.05) is 0 Å². The van der Waals surface area contributed by atoms with Crippen LogP contribution in [0.2, 0.25) is 0 Å². The third kappa shape index (κ3) is 1.78. The number of hydrogen-bond donors (Lipinski definition) is 0. The number of ketones is 1. The third-order valence-corrected chi connectivity index (χ3v) is 3.77. The Bertz CT molecular complexity index is 218. The second-order valence-electron chi connectivity index (χ2n) is 5.32. The summed E-state index contributed by atoms with van der Waals surface area (Å²) >= 11 is 0. The van der Waals surface area contributed by atoms with Crippen molar-refractivity contribution in [3.05, 3.63) is 0 Å². The van der Waals surface area contributed by atoms with E-state index in [1.54, 1.807) is 6.92 Å². The SMILES string of the molecule is CC(=O)CCN1CC(C)(C)C1(C)C. The average molecular weight is 183 g/mol. The fourth-order valence-corrected chi connectivity index (χ4v) is 1.86. The Labute approximate surface area is 81.3 Å². The van der Waals surface area contributed by atoms with Gasteiger partial charge in [0.25, 0.3) is 0 Å². The van der Waals surface area contributed by atoms with Crippen molar-refractivity contribution in [2.45, 2.75) is 46.6 Å². The molecule has 0 aromatic heterocycles. The van der Waals surface area contributed by atoms with Crippen molar-refractivity contribution in [3.63, 3.8) is 0 Å². The number of likely N-dealkylation sites (tertiary alicyclic amines) is 1. The molecule has 0 saturated carbocycles. The Balaban J connectivity index is 2.45. The molecule has 0 unspecified atom stereocenters. The van der Waals surface area contributed by atoms with Gasteiger partial charge >= 0.3 is 0 Å². The minimum atomic E-state index is 0.252. The van der Waals surface area contributed by atoms with Crippen LogP contribution in [0.25, 0.3) is 0 Å². The predicted octanol–water partition coefficient (Wildman–Crippen LogP) is 2.09. The molecule has 0 spiro atoms. The van der Waals surface area contributed by atoms with Gasteiger partial charge in [0, 0.05) is 25.0 Å². The highest BCUT2D eigenvalue weighted by Gasteiger charge is 2.51. The van der Waals surface area contributed by atoms with Crippen LogP contribution >= 0.6 is 0 Å². The molecule has 0 aromatic rings. The summed E-state index contributed by atoms with van der Waals surface area (Å²) in [5.41, 5.74) is 0.645. The van der Waals surface area contributed by atoms with Crippen molar-refractivity contribution in [2.24, 2.45) is 5.41 Å². The maximum Gasteiger partial charge on any atom is 0.131 e. The van der Waals surface area contributed by atoms with Crippen LogP contribution < -0.4 is 0 Å². The molecule has 0 atom stereocenters. The van der Waals surface area contributed by atoms with E-state index >= 15 is 0 Å². The van der Waals surface area contributed by atoms with Gasteiger partial charge in [0.1, 0.15) is 5.78 Å². The second-order valence-corrected chi connectivity index (χ2v) is 5.32. The lowest BCUT2D eigenvalue weighted by Gasteiger charge is -2.61. The van der Waals surface area contributed by atoms with Crippen LogP contribution in [0.15, 0.2) is 0 Å². The quantitative estimate of drug-likeness (QED) is 0.667. The highest BCUT2D eigenvalue weighted by Crippen LogP contribution is 2.45. The summed E-state index contributed by atoms with van der Waals surface area (Å²) in [5, 5.41) is 0. The smallest absolute Gasteiger partial charge is 0.131 e. The lowest BCUT2D eigenvalue weighted by atomic mass is 9.65. The summed E-state index contributed by atoms with van der Waals surface area (Å²) in [6, 6.07) is 0. The van der Waals surface area contributed by atoms with Crippen LogP contribution in [-0.2, 0) is 4.79 Å². The molecule has 0 aliphatic carbocycles. The maximum absolute atomic E-state index is 10.8. The van der Waals surface area contributed by atoms with Gasteiger partial charge in [0.05, 0.1) is 0 Å². The number of carbonyl (C=O) groups is 1. The topological polar surface area (TPSA) is 20.3 Å². The monoisotopic (exact) mass is 183 g/mol. The third-order valence-electron chi connectivity index (χ3n) is 3.77. The Morgan fingerprint density at radius 3 is 2.15 bits per heavy atom. The Morgan fingerprint density at radius 2 is 1.85 bits per heavy atom. The summed E-state index contributed by atoms with van der Waals surface area (Å²) in [5.74, 6) is 0.292. The van der Waals surface area contributed by atoms with Gasteiger partial charge in [-0.2, -0.15) is 0 Å². The molecule has 1 aliphatic heterocycles. The van der Waals surface area contributed by atoms with Crippen molar-refractivity contribution in [1.82, 2.24) is 4.90 Å². The predicted molar refractivity (Wildman–Crippen MR) is 54.7 cm³/mol. The van der Waals surface area contributed by atoms with Gasteiger partial charge < -0.3 is 0 Å². The molecule has 1 saturated heterocycles. The van der Waals surface area contributed by atoms with E-state index in [-0.39, 0.29) is 5.54 Å². The molecular formula is C11H21NO. The first-order chi connectivity index (χ1) is 5.77. The van der Waals surface area contributed by atoms with Gasteiger partial charge in [-0.05, 0) is 26.2 Å². The molecule has 0 amide bonds. The molecule has 2 nitrogen and oxygen atoms in total. The molecule has 0 aromatic carbocycles. The van der Waals surface area contributed by atoms with Crippen LogP contribution in [-0.4, -0.2) is 29.3 Å². The van der Waals surface area contributed by atoms with Crippen LogP contribution in [0, 0.1) is 5.41 Å². The van der Waals surface area contributed by atoms with Crippen LogP contribution in [0.3, 0.4) is 0 Å². The van der Waals surface area contributed by atoms with Crippen molar-refractivity contribution >= 4 is 5.78 Å². The summed E-state index contributed by atoms with van der Waals surface area (Å²) in [7, 11) is 0. The van der Waals surface area contributed by atoms with Crippen LogP contribution in [0.1, 0.15) is 41.0 Å². The maximum atomic E-state index is 10.8. The standard InChI is InChI=1S/C11H21NO/c1-9(13)6-7-12-8-10(2,3)11(12,4)5/h6-8H2,1-5H3. The molecule has 0 radical (unpaired) electrons. The zero-order chi connectivity index (χ0) is 10.3. The highest BCUT2D eigenvalue weighted by molar-refractivity contribution is 5.75. The molecule has 1 aliphatic rings. The fraction of sp³-hybridized carbons (Fsp3) is 0.909. The Kier molecular flexibility index (Phi) is 2.54.